The topological polar surface area (TPSA) is 82.2 Å². The highest BCUT2D eigenvalue weighted by atomic mass is 16.6. The summed E-state index contributed by atoms with van der Waals surface area (Å²) in [5.41, 5.74) is 0.542. The van der Waals surface area contributed by atoms with Gasteiger partial charge < -0.3 is 10.1 Å². The standard InChI is InChI=1S/C14H24N4O3/c1-3-5-12-13(18(19)20)14(17(2)16-12)21-9-7-11-6-4-8-15-10-11/h11,15H,3-10H2,1-2H3. The lowest BCUT2D eigenvalue weighted by molar-refractivity contribution is -0.386. The molecule has 1 fully saturated rings. The summed E-state index contributed by atoms with van der Waals surface area (Å²) in [4.78, 5) is 10.9. The molecule has 2 rings (SSSR count). The Hall–Kier alpha value is -1.63. The number of hydrogen-bond donors (Lipinski definition) is 1. The smallest absolute Gasteiger partial charge is 0.353 e. The number of hydrogen-bond acceptors (Lipinski definition) is 5. The van der Waals surface area contributed by atoms with Gasteiger partial charge in [0.2, 0.25) is 0 Å². The maximum atomic E-state index is 11.3. The molecule has 118 valence electrons. The van der Waals surface area contributed by atoms with E-state index in [0.29, 0.717) is 24.6 Å². The van der Waals surface area contributed by atoms with E-state index < -0.39 is 0 Å². The van der Waals surface area contributed by atoms with Crippen molar-refractivity contribution in [2.45, 2.75) is 39.0 Å². The van der Waals surface area contributed by atoms with Crippen molar-refractivity contribution < 1.29 is 9.66 Å². The van der Waals surface area contributed by atoms with Crippen LogP contribution in [-0.2, 0) is 13.5 Å². The highest BCUT2D eigenvalue weighted by Gasteiger charge is 2.27. The van der Waals surface area contributed by atoms with Gasteiger partial charge in [-0.25, -0.2) is 4.68 Å². The van der Waals surface area contributed by atoms with Crippen molar-refractivity contribution in [1.82, 2.24) is 15.1 Å². The summed E-state index contributed by atoms with van der Waals surface area (Å²) in [6, 6.07) is 0. The van der Waals surface area contributed by atoms with Crippen LogP contribution in [0, 0.1) is 16.0 Å². The summed E-state index contributed by atoms with van der Waals surface area (Å²) in [5, 5.41) is 18.8. The van der Waals surface area contributed by atoms with Gasteiger partial charge in [-0.1, -0.05) is 13.3 Å². The second-order valence-electron chi connectivity index (χ2n) is 5.58. The molecule has 0 radical (unpaired) electrons. The fourth-order valence-electron chi connectivity index (χ4n) is 2.79. The van der Waals surface area contributed by atoms with Gasteiger partial charge in [0, 0.05) is 7.05 Å². The average Bonchev–Trinajstić information content (AvgIpc) is 2.77. The second kappa shape index (κ2) is 7.40. The molecule has 1 aromatic heterocycles. The molecular formula is C14H24N4O3. The second-order valence-corrected chi connectivity index (χ2v) is 5.58. The molecule has 1 saturated heterocycles. The van der Waals surface area contributed by atoms with E-state index in [2.05, 4.69) is 10.4 Å². The summed E-state index contributed by atoms with van der Waals surface area (Å²) in [6.45, 7) is 4.58. The van der Waals surface area contributed by atoms with Gasteiger partial charge in [0.1, 0.15) is 5.69 Å². The lowest BCUT2D eigenvalue weighted by atomic mass is 9.97. The molecule has 1 N–H and O–H groups in total. The Balaban J connectivity index is 1.99. The Labute approximate surface area is 124 Å². The van der Waals surface area contributed by atoms with E-state index in [9.17, 15) is 10.1 Å². The van der Waals surface area contributed by atoms with E-state index in [0.717, 1.165) is 25.9 Å². The first kappa shape index (κ1) is 15.8. The number of piperidine rings is 1. The molecule has 1 atom stereocenters. The van der Waals surface area contributed by atoms with E-state index >= 15 is 0 Å². The molecule has 0 aliphatic carbocycles. The first-order valence-electron chi connectivity index (χ1n) is 7.67. The molecule has 0 amide bonds. The van der Waals surface area contributed by atoms with Gasteiger partial charge >= 0.3 is 5.69 Å². The third-order valence-electron chi connectivity index (χ3n) is 3.87. The predicted octanol–water partition coefficient (Wildman–Crippen LogP) is 2.05. The molecule has 0 bridgehead atoms. The molecule has 1 aromatic rings. The van der Waals surface area contributed by atoms with E-state index in [-0.39, 0.29) is 16.5 Å². The lowest BCUT2D eigenvalue weighted by Crippen LogP contribution is -2.30. The quantitative estimate of drug-likeness (QED) is 0.615. The molecule has 0 spiro atoms. The fourth-order valence-corrected chi connectivity index (χ4v) is 2.79. The Morgan fingerprint density at radius 2 is 2.38 bits per heavy atom. The van der Waals surface area contributed by atoms with Crippen molar-refractivity contribution in [1.29, 1.82) is 0 Å². The van der Waals surface area contributed by atoms with Crippen LogP contribution in [0.3, 0.4) is 0 Å². The van der Waals surface area contributed by atoms with Crippen LogP contribution in [0.5, 0.6) is 5.88 Å². The molecular weight excluding hydrogens is 272 g/mol. The highest BCUT2D eigenvalue weighted by molar-refractivity contribution is 5.46. The maximum absolute atomic E-state index is 11.3. The van der Waals surface area contributed by atoms with E-state index in [1.807, 2.05) is 6.92 Å². The van der Waals surface area contributed by atoms with E-state index in [1.54, 1.807) is 7.05 Å². The van der Waals surface area contributed by atoms with E-state index in [1.165, 1.54) is 17.5 Å². The van der Waals surface area contributed by atoms with Crippen molar-refractivity contribution in [2.24, 2.45) is 13.0 Å². The summed E-state index contributed by atoms with van der Waals surface area (Å²) < 4.78 is 7.18. The molecule has 7 heteroatoms. The van der Waals surface area contributed by atoms with Crippen molar-refractivity contribution in [3.05, 3.63) is 15.8 Å². The van der Waals surface area contributed by atoms with Crippen LogP contribution < -0.4 is 10.1 Å². The third-order valence-corrected chi connectivity index (χ3v) is 3.87. The minimum atomic E-state index is -0.379. The van der Waals surface area contributed by atoms with Crippen LogP contribution in [0.4, 0.5) is 5.69 Å². The Kier molecular flexibility index (Phi) is 5.55. The summed E-state index contributed by atoms with van der Waals surface area (Å²) in [5.74, 6) is 0.883. The Morgan fingerprint density at radius 3 is 3.00 bits per heavy atom. The predicted molar refractivity (Wildman–Crippen MR) is 79.6 cm³/mol. The van der Waals surface area contributed by atoms with Gasteiger partial charge in [-0.3, -0.25) is 10.1 Å². The zero-order valence-electron chi connectivity index (χ0n) is 12.8. The monoisotopic (exact) mass is 296 g/mol. The molecule has 7 nitrogen and oxygen atoms in total. The summed E-state index contributed by atoms with van der Waals surface area (Å²) in [7, 11) is 1.70. The number of aryl methyl sites for hydroxylation is 2. The number of ether oxygens (including phenoxy) is 1. The zero-order valence-corrected chi connectivity index (χ0v) is 12.8. The number of nitro groups is 1. The SMILES string of the molecule is CCCc1nn(C)c(OCCC2CCCNC2)c1[N+](=O)[O-]. The Bertz CT molecular complexity index is 481. The minimum absolute atomic E-state index is 0.0288. The van der Waals surface area contributed by atoms with Crippen LogP contribution in [0.1, 0.15) is 38.3 Å². The maximum Gasteiger partial charge on any atom is 0.353 e. The Morgan fingerprint density at radius 1 is 1.57 bits per heavy atom. The number of nitrogens with zero attached hydrogens (tertiary/aromatic N) is 3. The number of aromatic nitrogens is 2. The molecule has 0 aromatic carbocycles. The van der Waals surface area contributed by atoms with Crippen molar-refractivity contribution in [2.75, 3.05) is 19.7 Å². The third kappa shape index (κ3) is 3.93. The van der Waals surface area contributed by atoms with Crippen LogP contribution in [-0.4, -0.2) is 34.4 Å². The average molecular weight is 296 g/mol. The molecule has 1 aliphatic rings. The van der Waals surface area contributed by atoms with Crippen molar-refractivity contribution in [3.63, 3.8) is 0 Å². The summed E-state index contributed by atoms with van der Waals surface area (Å²) in [6.07, 6.45) is 4.73. The zero-order chi connectivity index (χ0) is 15.2. The lowest BCUT2D eigenvalue weighted by Gasteiger charge is -2.22. The number of nitrogens with one attached hydrogen (secondary N) is 1. The van der Waals surface area contributed by atoms with Gasteiger partial charge in [0.05, 0.1) is 11.5 Å². The van der Waals surface area contributed by atoms with Crippen molar-refractivity contribution >= 4 is 5.69 Å². The molecule has 1 unspecified atom stereocenters. The minimum Gasteiger partial charge on any atom is -0.473 e. The summed E-state index contributed by atoms with van der Waals surface area (Å²) >= 11 is 0. The van der Waals surface area contributed by atoms with Gasteiger partial charge in [0.25, 0.3) is 5.88 Å². The largest absolute Gasteiger partial charge is 0.473 e. The van der Waals surface area contributed by atoms with Crippen LogP contribution in [0.25, 0.3) is 0 Å². The van der Waals surface area contributed by atoms with Crippen LogP contribution in [0.2, 0.25) is 0 Å². The molecule has 2 heterocycles. The van der Waals surface area contributed by atoms with Crippen LogP contribution in [0.15, 0.2) is 0 Å². The first-order valence-corrected chi connectivity index (χ1v) is 7.67. The molecule has 1 aliphatic heterocycles. The van der Waals surface area contributed by atoms with Gasteiger partial charge in [-0.15, -0.1) is 0 Å². The molecule has 0 saturated carbocycles. The van der Waals surface area contributed by atoms with Crippen LogP contribution >= 0.6 is 0 Å². The number of rotatable bonds is 7. The first-order chi connectivity index (χ1) is 10.1. The van der Waals surface area contributed by atoms with Gasteiger partial charge in [-0.2, -0.15) is 5.10 Å². The normalized spacial score (nSPS) is 18.7. The van der Waals surface area contributed by atoms with Gasteiger partial charge in [0.15, 0.2) is 0 Å². The highest BCUT2D eigenvalue weighted by Crippen LogP contribution is 2.31. The fraction of sp³-hybridized carbons (Fsp3) is 0.786. The van der Waals surface area contributed by atoms with Gasteiger partial charge in [-0.05, 0) is 44.7 Å². The van der Waals surface area contributed by atoms with Crippen molar-refractivity contribution in [3.8, 4) is 5.88 Å². The van der Waals surface area contributed by atoms with E-state index in [4.69, 9.17) is 4.74 Å². The molecule has 21 heavy (non-hydrogen) atoms.